The Morgan fingerprint density at radius 1 is 1.21 bits per heavy atom. The molecule has 24 heavy (non-hydrogen) atoms. The maximum absolute atomic E-state index is 12.6. The van der Waals surface area contributed by atoms with Gasteiger partial charge in [-0.15, -0.1) is 0 Å². The highest BCUT2D eigenvalue weighted by atomic mass is 16.5. The molecule has 134 valence electrons. The summed E-state index contributed by atoms with van der Waals surface area (Å²) in [6.07, 6.45) is 4.22. The Balaban J connectivity index is 1.90. The Kier molecular flexibility index (Phi) is 7.57. The van der Waals surface area contributed by atoms with E-state index in [2.05, 4.69) is 43.0 Å². The van der Waals surface area contributed by atoms with Crippen LogP contribution in [0.2, 0.25) is 0 Å². The highest BCUT2D eigenvalue weighted by Crippen LogP contribution is 2.19. The lowest BCUT2D eigenvalue weighted by Crippen LogP contribution is -2.36. The lowest BCUT2D eigenvalue weighted by Gasteiger charge is -2.29. The molecule has 4 heteroatoms. The Hall–Kier alpha value is -1.55. The molecular formula is C20H32N2O2. The van der Waals surface area contributed by atoms with Crippen LogP contribution in [0.15, 0.2) is 24.3 Å². The number of hydrogen-bond donors (Lipinski definition) is 0. The molecule has 4 nitrogen and oxygen atoms in total. The van der Waals surface area contributed by atoms with Crippen molar-refractivity contribution in [2.45, 2.75) is 46.1 Å². The second kappa shape index (κ2) is 9.67. The first-order chi connectivity index (χ1) is 11.7. The van der Waals surface area contributed by atoms with Gasteiger partial charge in [0.15, 0.2) is 0 Å². The van der Waals surface area contributed by atoms with E-state index in [0.717, 1.165) is 52.0 Å². The zero-order chi connectivity index (χ0) is 17.4. The monoisotopic (exact) mass is 332 g/mol. The Labute approximate surface area is 146 Å². The van der Waals surface area contributed by atoms with E-state index in [-0.39, 0.29) is 11.8 Å². The molecule has 2 rings (SSSR count). The molecule has 0 aliphatic carbocycles. The van der Waals surface area contributed by atoms with Crippen LogP contribution >= 0.6 is 0 Å². The van der Waals surface area contributed by atoms with Gasteiger partial charge >= 0.3 is 0 Å². The molecule has 1 aliphatic rings. The summed E-state index contributed by atoms with van der Waals surface area (Å²) in [5.74, 6) is 0.450. The summed E-state index contributed by atoms with van der Waals surface area (Å²) in [6.45, 7) is 8.48. The van der Waals surface area contributed by atoms with Gasteiger partial charge in [-0.3, -0.25) is 4.79 Å². The quantitative estimate of drug-likeness (QED) is 0.728. The number of anilines is 1. The summed E-state index contributed by atoms with van der Waals surface area (Å²) in [5, 5.41) is 0. The van der Waals surface area contributed by atoms with Gasteiger partial charge in [-0.1, -0.05) is 38.8 Å². The Morgan fingerprint density at radius 2 is 1.88 bits per heavy atom. The zero-order valence-corrected chi connectivity index (χ0v) is 15.5. The van der Waals surface area contributed by atoms with Crippen molar-refractivity contribution in [1.82, 2.24) is 4.90 Å². The fraction of sp³-hybridized carbons (Fsp3) is 0.650. The number of carbonyl (C=O) groups excluding carboxylic acids is 1. The zero-order valence-electron chi connectivity index (χ0n) is 15.5. The second-order valence-corrected chi connectivity index (χ2v) is 6.71. The molecule has 0 N–H and O–H groups in total. The SMILES string of the molecule is CCCCC(CC)C(=O)N(C)Cc1ccc(N2CCOCC2)cc1. The van der Waals surface area contributed by atoms with E-state index in [1.54, 1.807) is 0 Å². The summed E-state index contributed by atoms with van der Waals surface area (Å²) in [7, 11) is 1.92. The molecule has 0 aromatic heterocycles. The van der Waals surface area contributed by atoms with Crippen molar-refractivity contribution in [2.24, 2.45) is 5.92 Å². The topological polar surface area (TPSA) is 32.8 Å². The molecule has 0 bridgehead atoms. The van der Waals surface area contributed by atoms with Crippen LogP contribution in [-0.2, 0) is 16.1 Å². The van der Waals surface area contributed by atoms with Crippen LogP contribution in [0.4, 0.5) is 5.69 Å². The van der Waals surface area contributed by atoms with Gasteiger partial charge in [0.25, 0.3) is 0 Å². The number of unbranched alkanes of at least 4 members (excludes halogenated alkanes) is 1. The highest BCUT2D eigenvalue weighted by Gasteiger charge is 2.20. The lowest BCUT2D eigenvalue weighted by atomic mass is 9.97. The van der Waals surface area contributed by atoms with Crippen LogP contribution < -0.4 is 4.90 Å². The number of rotatable bonds is 8. The molecule has 1 atom stereocenters. The molecule has 0 spiro atoms. The summed E-state index contributed by atoms with van der Waals surface area (Å²) in [6, 6.07) is 8.60. The molecule has 1 aliphatic heterocycles. The standard InChI is InChI=1S/C20H32N2O2/c1-4-6-7-18(5-2)20(23)21(3)16-17-8-10-19(11-9-17)22-12-14-24-15-13-22/h8-11,18H,4-7,12-16H2,1-3H3. The lowest BCUT2D eigenvalue weighted by molar-refractivity contribution is -0.135. The molecule has 1 saturated heterocycles. The van der Waals surface area contributed by atoms with E-state index in [1.807, 2.05) is 11.9 Å². The third kappa shape index (κ3) is 5.23. The van der Waals surface area contributed by atoms with Crippen molar-refractivity contribution >= 4 is 11.6 Å². The molecular weight excluding hydrogens is 300 g/mol. The average molecular weight is 332 g/mol. The molecule has 1 heterocycles. The summed E-state index contributed by atoms with van der Waals surface area (Å²) < 4.78 is 5.40. The van der Waals surface area contributed by atoms with E-state index in [1.165, 1.54) is 11.3 Å². The summed E-state index contributed by atoms with van der Waals surface area (Å²) >= 11 is 0. The van der Waals surface area contributed by atoms with Gasteiger partial charge in [0.2, 0.25) is 5.91 Å². The second-order valence-electron chi connectivity index (χ2n) is 6.71. The number of benzene rings is 1. The molecule has 0 saturated carbocycles. The third-order valence-corrected chi connectivity index (χ3v) is 4.86. The van der Waals surface area contributed by atoms with E-state index in [4.69, 9.17) is 4.74 Å². The predicted octanol–water partition coefficient (Wildman–Crippen LogP) is 3.70. The normalized spacial score (nSPS) is 16.0. The minimum Gasteiger partial charge on any atom is -0.378 e. The van der Waals surface area contributed by atoms with Gasteiger partial charge in [-0.2, -0.15) is 0 Å². The minimum absolute atomic E-state index is 0.169. The first-order valence-corrected chi connectivity index (χ1v) is 9.32. The van der Waals surface area contributed by atoms with Crippen molar-refractivity contribution in [3.63, 3.8) is 0 Å². The largest absolute Gasteiger partial charge is 0.378 e. The molecule has 1 aromatic rings. The van der Waals surface area contributed by atoms with Crippen molar-refractivity contribution in [3.8, 4) is 0 Å². The van der Waals surface area contributed by atoms with Gasteiger partial charge in [0.05, 0.1) is 13.2 Å². The number of carbonyl (C=O) groups is 1. The first-order valence-electron chi connectivity index (χ1n) is 9.32. The van der Waals surface area contributed by atoms with Gasteiger partial charge in [0, 0.05) is 38.3 Å². The molecule has 1 unspecified atom stereocenters. The van der Waals surface area contributed by atoms with E-state index >= 15 is 0 Å². The van der Waals surface area contributed by atoms with Gasteiger partial charge in [-0.25, -0.2) is 0 Å². The maximum atomic E-state index is 12.6. The predicted molar refractivity (Wildman–Crippen MR) is 99.3 cm³/mol. The number of hydrogen-bond acceptors (Lipinski definition) is 3. The van der Waals surface area contributed by atoms with Crippen molar-refractivity contribution in [3.05, 3.63) is 29.8 Å². The van der Waals surface area contributed by atoms with Crippen LogP contribution in [0, 0.1) is 5.92 Å². The van der Waals surface area contributed by atoms with E-state index in [9.17, 15) is 4.79 Å². The van der Waals surface area contributed by atoms with Gasteiger partial charge in [-0.05, 0) is 30.5 Å². The summed E-state index contributed by atoms with van der Waals surface area (Å²) in [4.78, 5) is 16.8. The molecule has 1 aromatic carbocycles. The highest BCUT2D eigenvalue weighted by molar-refractivity contribution is 5.78. The summed E-state index contributed by atoms with van der Waals surface area (Å²) in [5.41, 5.74) is 2.43. The smallest absolute Gasteiger partial charge is 0.225 e. The van der Waals surface area contributed by atoms with Crippen LogP contribution in [0.25, 0.3) is 0 Å². The fourth-order valence-corrected chi connectivity index (χ4v) is 3.25. The Morgan fingerprint density at radius 3 is 2.46 bits per heavy atom. The van der Waals surface area contributed by atoms with E-state index < -0.39 is 0 Å². The van der Waals surface area contributed by atoms with Crippen LogP contribution in [-0.4, -0.2) is 44.2 Å². The third-order valence-electron chi connectivity index (χ3n) is 4.86. The molecule has 1 amide bonds. The van der Waals surface area contributed by atoms with Crippen LogP contribution in [0.1, 0.15) is 45.1 Å². The van der Waals surface area contributed by atoms with Gasteiger partial charge < -0.3 is 14.5 Å². The Bertz CT molecular complexity index is 495. The molecule has 1 fully saturated rings. The number of ether oxygens (including phenoxy) is 1. The van der Waals surface area contributed by atoms with Crippen molar-refractivity contribution in [1.29, 1.82) is 0 Å². The van der Waals surface area contributed by atoms with Crippen LogP contribution in [0.5, 0.6) is 0 Å². The average Bonchev–Trinajstić information content (AvgIpc) is 2.63. The van der Waals surface area contributed by atoms with Gasteiger partial charge in [0.1, 0.15) is 0 Å². The first kappa shape index (κ1) is 18.8. The van der Waals surface area contributed by atoms with Crippen molar-refractivity contribution < 1.29 is 9.53 Å². The number of nitrogens with zero attached hydrogens (tertiary/aromatic N) is 2. The number of amides is 1. The molecule has 0 radical (unpaired) electrons. The van der Waals surface area contributed by atoms with E-state index in [0.29, 0.717) is 6.54 Å². The minimum atomic E-state index is 0.169. The number of morpholine rings is 1. The van der Waals surface area contributed by atoms with Crippen LogP contribution in [0.3, 0.4) is 0 Å². The van der Waals surface area contributed by atoms with Crippen molar-refractivity contribution in [2.75, 3.05) is 38.3 Å². The fourth-order valence-electron chi connectivity index (χ4n) is 3.25. The maximum Gasteiger partial charge on any atom is 0.225 e.